The van der Waals surface area contributed by atoms with Crippen LogP contribution in [0.25, 0.3) is 0 Å². The number of nitrogen functional groups attached to an aromatic ring is 1. The lowest BCUT2D eigenvalue weighted by Gasteiger charge is -2.09. The summed E-state index contributed by atoms with van der Waals surface area (Å²) >= 11 is 5.84. The number of anilines is 1. The van der Waals surface area contributed by atoms with Gasteiger partial charge in [-0.3, -0.25) is 0 Å². The Morgan fingerprint density at radius 3 is 2.15 bits per heavy atom. The highest BCUT2D eigenvalue weighted by Crippen LogP contribution is 2.23. The molecule has 0 saturated heterocycles. The number of ether oxygens (including phenoxy) is 2. The molecule has 2 aromatic rings. The molecular formula is C16H18ClNO2. The Bertz CT molecular complexity index is 555. The maximum Gasteiger partial charge on any atom is 0.122 e. The number of nitrogens with two attached hydrogens (primary N) is 1. The Balaban J connectivity index is 1.76. The van der Waals surface area contributed by atoms with Crippen LogP contribution in [0.2, 0.25) is 5.02 Å². The van der Waals surface area contributed by atoms with E-state index in [4.69, 9.17) is 26.8 Å². The van der Waals surface area contributed by atoms with E-state index in [0.717, 1.165) is 12.2 Å². The molecule has 0 bridgehead atoms. The second kappa shape index (κ2) is 7.06. The van der Waals surface area contributed by atoms with Gasteiger partial charge in [0.1, 0.15) is 24.7 Å². The summed E-state index contributed by atoms with van der Waals surface area (Å²) in [6, 6.07) is 13.3. The minimum atomic E-state index is 0.455. The predicted molar refractivity (Wildman–Crippen MR) is 82.7 cm³/mol. The lowest BCUT2D eigenvalue weighted by molar-refractivity contribution is 0.217. The molecule has 0 atom stereocenters. The van der Waals surface area contributed by atoms with Crippen LogP contribution in [0.4, 0.5) is 5.69 Å². The minimum absolute atomic E-state index is 0.455. The molecule has 0 amide bonds. The van der Waals surface area contributed by atoms with Crippen LogP contribution in [0.1, 0.15) is 12.5 Å². The van der Waals surface area contributed by atoms with Crippen molar-refractivity contribution in [3.05, 3.63) is 53.1 Å². The zero-order chi connectivity index (χ0) is 14.4. The van der Waals surface area contributed by atoms with Crippen LogP contribution < -0.4 is 15.2 Å². The zero-order valence-corrected chi connectivity index (χ0v) is 12.2. The summed E-state index contributed by atoms with van der Waals surface area (Å²) < 4.78 is 11.1. The minimum Gasteiger partial charge on any atom is -0.490 e. The molecule has 2 aromatic carbocycles. The first-order valence-corrected chi connectivity index (χ1v) is 6.96. The Morgan fingerprint density at radius 1 is 0.950 bits per heavy atom. The summed E-state index contributed by atoms with van der Waals surface area (Å²) in [7, 11) is 0. The van der Waals surface area contributed by atoms with Crippen LogP contribution in [0.5, 0.6) is 11.5 Å². The second-order valence-corrected chi connectivity index (χ2v) is 4.78. The highest BCUT2D eigenvalue weighted by Gasteiger charge is 2.00. The van der Waals surface area contributed by atoms with Crippen LogP contribution >= 0.6 is 11.6 Å². The van der Waals surface area contributed by atoms with Gasteiger partial charge in [0.25, 0.3) is 0 Å². The van der Waals surface area contributed by atoms with Crippen LogP contribution in [-0.4, -0.2) is 13.2 Å². The van der Waals surface area contributed by atoms with E-state index < -0.39 is 0 Å². The summed E-state index contributed by atoms with van der Waals surface area (Å²) in [4.78, 5) is 0. The molecule has 106 valence electrons. The molecule has 0 aliphatic carbocycles. The summed E-state index contributed by atoms with van der Waals surface area (Å²) in [5, 5.41) is 0.532. The maximum atomic E-state index is 5.84. The first-order chi connectivity index (χ1) is 9.69. The highest BCUT2D eigenvalue weighted by atomic mass is 35.5. The van der Waals surface area contributed by atoms with Crippen molar-refractivity contribution in [1.82, 2.24) is 0 Å². The Hall–Kier alpha value is -1.87. The molecule has 0 spiro atoms. The van der Waals surface area contributed by atoms with Gasteiger partial charge < -0.3 is 15.2 Å². The van der Waals surface area contributed by atoms with E-state index in [1.54, 1.807) is 18.2 Å². The van der Waals surface area contributed by atoms with Crippen LogP contribution in [0.3, 0.4) is 0 Å². The average molecular weight is 292 g/mol. The molecule has 0 saturated carbocycles. The fraction of sp³-hybridized carbons (Fsp3) is 0.250. The second-order valence-electron chi connectivity index (χ2n) is 4.38. The van der Waals surface area contributed by atoms with Gasteiger partial charge in [0.2, 0.25) is 0 Å². The molecule has 0 radical (unpaired) electrons. The van der Waals surface area contributed by atoms with Crippen LogP contribution in [0.15, 0.2) is 42.5 Å². The number of benzene rings is 2. The molecule has 0 aliphatic heterocycles. The molecule has 0 aliphatic rings. The number of halogens is 1. The van der Waals surface area contributed by atoms with Crippen molar-refractivity contribution < 1.29 is 9.47 Å². The van der Waals surface area contributed by atoms with E-state index in [1.807, 2.05) is 12.1 Å². The molecule has 4 heteroatoms. The first kappa shape index (κ1) is 14.5. The van der Waals surface area contributed by atoms with Crippen molar-refractivity contribution in [2.75, 3.05) is 18.9 Å². The van der Waals surface area contributed by atoms with Crippen LogP contribution in [-0.2, 0) is 6.42 Å². The topological polar surface area (TPSA) is 44.5 Å². The Labute approximate surface area is 124 Å². The molecule has 2 rings (SSSR count). The van der Waals surface area contributed by atoms with E-state index >= 15 is 0 Å². The van der Waals surface area contributed by atoms with Crippen molar-refractivity contribution in [1.29, 1.82) is 0 Å². The Morgan fingerprint density at radius 2 is 1.55 bits per heavy atom. The molecule has 0 heterocycles. The SMILES string of the molecule is CCc1ccc(OCCOc2ccc(Cl)c(N)c2)cc1. The molecule has 0 unspecified atom stereocenters. The zero-order valence-electron chi connectivity index (χ0n) is 11.4. The van der Waals surface area contributed by atoms with Gasteiger partial charge in [-0.05, 0) is 36.2 Å². The molecular weight excluding hydrogens is 274 g/mol. The molecule has 0 fully saturated rings. The van der Waals surface area contributed by atoms with Crippen molar-refractivity contribution in [3.63, 3.8) is 0 Å². The maximum absolute atomic E-state index is 5.84. The summed E-state index contributed by atoms with van der Waals surface area (Å²) in [5.74, 6) is 1.54. The molecule has 2 N–H and O–H groups in total. The van der Waals surface area contributed by atoms with Gasteiger partial charge in [0, 0.05) is 6.07 Å². The van der Waals surface area contributed by atoms with Crippen molar-refractivity contribution in [3.8, 4) is 11.5 Å². The molecule has 0 aromatic heterocycles. The first-order valence-electron chi connectivity index (χ1n) is 6.58. The van der Waals surface area contributed by atoms with Crippen LogP contribution in [0, 0.1) is 0 Å². The van der Waals surface area contributed by atoms with Gasteiger partial charge in [0.05, 0.1) is 10.7 Å². The summed E-state index contributed by atoms with van der Waals surface area (Å²) in [6.07, 6.45) is 1.03. The largest absolute Gasteiger partial charge is 0.490 e. The lowest BCUT2D eigenvalue weighted by Crippen LogP contribution is -2.09. The van der Waals surface area contributed by atoms with Crippen molar-refractivity contribution in [2.45, 2.75) is 13.3 Å². The van der Waals surface area contributed by atoms with Gasteiger partial charge in [-0.15, -0.1) is 0 Å². The Kier molecular flexibility index (Phi) is 5.13. The van der Waals surface area contributed by atoms with Gasteiger partial charge >= 0.3 is 0 Å². The van der Waals surface area contributed by atoms with Crippen molar-refractivity contribution >= 4 is 17.3 Å². The predicted octanol–water partition coefficient (Wildman–Crippen LogP) is 3.94. The fourth-order valence-corrected chi connectivity index (χ4v) is 1.87. The van der Waals surface area contributed by atoms with E-state index in [1.165, 1.54) is 5.56 Å². The smallest absolute Gasteiger partial charge is 0.122 e. The molecule has 20 heavy (non-hydrogen) atoms. The molecule has 3 nitrogen and oxygen atoms in total. The van der Waals surface area contributed by atoms with Crippen molar-refractivity contribution in [2.24, 2.45) is 0 Å². The fourth-order valence-electron chi connectivity index (χ4n) is 1.75. The third-order valence-electron chi connectivity index (χ3n) is 2.92. The average Bonchev–Trinajstić information content (AvgIpc) is 2.48. The standard InChI is InChI=1S/C16H18ClNO2/c1-2-12-3-5-13(6-4-12)19-9-10-20-14-7-8-15(17)16(18)11-14/h3-8,11H,2,9-10,18H2,1H3. The monoisotopic (exact) mass is 291 g/mol. The number of rotatable bonds is 6. The normalized spacial score (nSPS) is 10.3. The van der Waals surface area contributed by atoms with Gasteiger partial charge in [-0.2, -0.15) is 0 Å². The summed E-state index contributed by atoms with van der Waals surface area (Å²) in [6.45, 7) is 3.06. The third-order valence-corrected chi connectivity index (χ3v) is 3.26. The van der Waals surface area contributed by atoms with Gasteiger partial charge in [-0.25, -0.2) is 0 Å². The number of aryl methyl sites for hydroxylation is 1. The lowest BCUT2D eigenvalue weighted by atomic mass is 10.2. The number of hydrogen-bond donors (Lipinski definition) is 1. The van der Waals surface area contributed by atoms with E-state index in [2.05, 4.69) is 19.1 Å². The third kappa shape index (κ3) is 4.07. The quantitative estimate of drug-likeness (QED) is 0.647. The van der Waals surface area contributed by atoms with Gasteiger partial charge in [-0.1, -0.05) is 30.7 Å². The van der Waals surface area contributed by atoms with E-state index in [0.29, 0.717) is 29.7 Å². The summed E-state index contributed by atoms with van der Waals surface area (Å²) in [5.41, 5.74) is 7.51. The van der Waals surface area contributed by atoms with Gasteiger partial charge in [0.15, 0.2) is 0 Å². The highest BCUT2D eigenvalue weighted by molar-refractivity contribution is 6.33. The van der Waals surface area contributed by atoms with E-state index in [9.17, 15) is 0 Å². The number of hydrogen-bond acceptors (Lipinski definition) is 3. The van der Waals surface area contributed by atoms with E-state index in [-0.39, 0.29) is 0 Å².